The van der Waals surface area contributed by atoms with Crippen LogP contribution in [0.2, 0.25) is 0 Å². The van der Waals surface area contributed by atoms with E-state index in [-0.39, 0.29) is 11.8 Å². The molecule has 3 heterocycles. The maximum Gasteiger partial charge on any atom is 0.256 e. The molecule has 1 aromatic carbocycles. The number of H-pyrrole nitrogens is 1. The summed E-state index contributed by atoms with van der Waals surface area (Å²) in [6.07, 6.45) is 2.10. The first-order valence-corrected chi connectivity index (χ1v) is 10.0. The molecule has 0 spiro atoms. The summed E-state index contributed by atoms with van der Waals surface area (Å²) >= 11 is 0. The van der Waals surface area contributed by atoms with E-state index in [1.807, 2.05) is 13.8 Å². The van der Waals surface area contributed by atoms with Crippen molar-refractivity contribution in [2.75, 3.05) is 43.5 Å². The third kappa shape index (κ3) is 4.15. The fraction of sp³-hybridized carbons (Fsp3) is 0.364. The normalized spacial score (nSPS) is 17.8. The lowest BCUT2D eigenvalue weighted by molar-refractivity contribution is -0.116. The van der Waals surface area contributed by atoms with Crippen molar-refractivity contribution < 1.29 is 18.7 Å². The number of carbonyl (C=O) groups excluding carboxylic acids is 2. The second-order valence-electron chi connectivity index (χ2n) is 7.62. The lowest BCUT2D eigenvalue weighted by Crippen LogP contribution is -2.38. The van der Waals surface area contributed by atoms with Crippen molar-refractivity contribution in [1.29, 1.82) is 0 Å². The first-order valence-electron chi connectivity index (χ1n) is 10.0. The molecule has 2 amide bonds. The van der Waals surface area contributed by atoms with E-state index >= 15 is 0 Å². The fourth-order valence-electron chi connectivity index (χ4n) is 3.84. The number of aromatic amines is 1. The van der Waals surface area contributed by atoms with Crippen molar-refractivity contribution in [3.63, 3.8) is 0 Å². The minimum atomic E-state index is -0.399. The van der Waals surface area contributed by atoms with E-state index in [1.165, 1.54) is 12.1 Å². The van der Waals surface area contributed by atoms with Gasteiger partial charge in [0, 0.05) is 48.7 Å². The highest BCUT2D eigenvalue weighted by Crippen LogP contribution is 2.35. The Morgan fingerprint density at radius 3 is 2.83 bits per heavy atom. The van der Waals surface area contributed by atoms with E-state index in [9.17, 15) is 14.0 Å². The number of hydrogen-bond donors (Lipinski definition) is 3. The van der Waals surface area contributed by atoms with Gasteiger partial charge >= 0.3 is 0 Å². The van der Waals surface area contributed by atoms with Gasteiger partial charge in [0.1, 0.15) is 5.82 Å². The average molecular weight is 412 g/mol. The number of morpholine rings is 1. The van der Waals surface area contributed by atoms with E-state index in [1.54, 1.807) is 12.1 Å². The zero-order chi connectivity index (χ0) is 21.3. The largest absolute Gasteiger partial charge is 0.379 e. The number of hydrogen-bond acceptors (Lipinski definition) is 4. The maximum atomic E-state index is 13.7. The SMILES string of the molecule is Cc1[nH]c(/C=C2\C(=O)Nc3ccc(F)cc32)c(C)c1NC(=O)CCN1CCOCC1. The number of nitrogens with zero attached hydrogens (tertiary/aromatic N) is 1. The molecule has 2 aromatic rings. The molecule has 0 radical (unpaired) electrons. The zero-order valence-corrected chi connectivity index (χ0v) is 17.1. The minimum Gasteiger partial charge on any atom is -0.379 e. The summed E-state index contributed by atoms with van der Waals surface area (Å²) in [6, 6.07) is 4.21. The smallest absolute Gasteiger partial charge is 0.256 e. The third-order valence-electron chi connectivity index (χ3n) is 5.55. The maximum absolute atomic E-state index is 13.7. The molecular weight excluding hydrogens is 387 g/mol. The summed E-state index contributed by atoms with van der Waals surface area (Å²) in [7, 11) is 0. The van der Waals surface area contributed by atoms with Crippen LogP contribution < -0.4 is 10.6 Å². The number of aryl methyl sites for hydroxylation is 1. The van der Waals surface area contributed by atoms with Crippen LogP contribution in [-0.4, -0.2) is 54.5 Å². The molecular formula is C22H25FN4O3. The minimum absolute atomic E-state index is 0.0584. The Bertz CT molecular complexity index is 1020. The van der Waals surface area contributed by atoms with Crippen LogP contribution in [0.25, 0.3) is 11.6 Å². The van der Waals surface area contributed by atoms with E-state index < -0.39 is 5.82 Å². The fourth-order valence-corrected chi connectivity index (χ4v) is 3.84. The number of fused-ring (bicyclic) bond motifs is 1. The second kappa shape index (κ2) is 8.41. The Balaban J connectivity index is 1.50. The Hall–Kier alpha value is -2.97. The zero-order valence-electron chi connectivity index (χ0n) is 17.1. The lowest BCUT2D eigenvalue weighted by Gasteiger charge is -2.26. The molecule has 4 rings (SSSR count). The summed E-state index contributed by atoms with van der Waals surface area (Å²) < 4.78 is 19.0. The van der Waals surface area contributed by atoms with Crippen LogP contribution >= 0.6 is 0 Å². The predicted molar refractivity (Wildman–Crippen MR) is 114 cm³/mol. The third-order valence-corrected chi connectivity index (χ3v) is 5.55. The molecule has 30 heavy (non-hydrogen) atoms. The Morgan fingerprint density at radius 1 is 1.30 bits per heavy atom. The van der Waals surface area contributed by atoms with Gasteiger partial charge in [-0.05, 0) is 43.7 Å². The van der Waals surface area contributed by atoms with Gasteiger partial charge in [0.15, 0.2) is 0 Å². The second-order valence-corrected chi connectivity index (χ2v) is 7.62. The number of amides is 2. The van der Waals surface area contributed by atoms with Gasteiger partial charge in [0.2, 0.25) is 5.91 Å². The first kappa shape index (κ1) is 20.3. The number of anilines is 2. The highest BCUT2D eigenvalue weighted by atomic mass is 19.1. The summed E-state index contributed by atoms with van der Waals surface area (Å²) in [5.74, 6) is -0.737. The monoisotopic (exact) mass is 412 g/mol. The van der Waals surface area contributed by atoms with Crippen LogP contribution in [0, 0.1) is 19.7 Å². The summed E-state index contributed by atoms with van der Waals surface area (Å²) in [4.78, 5) is 30.3. The molecule has 158 valence electrons. The van der Waals surface area contributed by atoms with Crippen LogP contribution in [0.4, 0.5) is 15.8 Å². The molecule has 1 aromatic heterocycles. The van der Waals surface area contributed by atoms with E-state index in [0.717, 1.165) is 24.3 Å². The average Bonchev–Trinajstić information content (AvgIpc) is 3.18. The number of rotatable bonds is 5. The van der Waals surface area contributed by atoms with Crippen LogP contribution in [0.5, 0.6) is 0 Å². The summed E-state index contributed by atoms with van der Waals surface area (Å²) in [5, 5.41) is 5.73. The molecule has 0 unspecified atom stereocenters. The Morgan fingerprint density at radius 2 is 2.07 bits per heavy atom. The molecule has 1 fully saturated rings. The molecule has 0 atom stereocenters. The molecule has 8 heteroatoms. The Labute approximate surface area is 174 Å². The molecule has 1 saturated heterocycles. The molecule has 2 aliphatic heterocycles. The van der Waals surface area contributed by atoms with Crippen LogP contribution in [0.3, 0.4) is 0 Å². The molecule has 0 bridgehead atoms. The molecule has 0 aliphatic carbocycles. The van der Waals surface area contributed by atoms with Crippen LogP contribution in [-0.2, 0) is 14.3 Å². The summed E-state index contributed by atoms with van der Waals surface area (Å²) in [6.45, 7) is 7.54. The van der Waals surface area contributed by atoms with Crippen molar-refractivity contribution in [3.8, 4) is 0 Å². The molecule has 3 N–H and O–H groups in total. The number of halogens is 1. The van der Waals surface area contributed by atoms with Gasteiger partial charge in [-0.25, -0.2) is 4.39 Å². The first-order chi connectivity index (χ1) is 14.4. The van der Waals surface area contributed by atoms with Gasteiger partial charge in [-0.2, -0.15) is 0 Å². The highest BCUT2D eigenvalue weighted by Gasteiger charge is 2.25. The molecule has 2 aliphatic rings. The lowest BCUT2D eigenvalue weighted by atomic mass is 10.0. The van der Waals surface area contributed by atoms with Crippen LogP contribution in [0.1, 0.15) is 28.9 Å². The van der Waals surface area contributed by atoms with Crippen molar-refractivity contribution in [1.82, 2.24) is 9.88 Å². The van der Waals surface area contributed by atoms with Gasteiger partial charge in [0.25, 0.3) is 5.91 Å². The number of aromatic nitrogens is 1. The van der Waals surface area contributed by atoms with E-state index in [2.05, 4.69) is 20.5 Å². The van der Waals surface area contributed by atoms with Crippen molar-refractivity contribution >= 4 is 34.8 Å². The molecule has 0 saturated carbocycles. The van der Waals surface area contributed by atoms with Gasteiger partial charge in [-0.15, -0.1) is 0 Å². The van der Waals surface area contributed by atoms with Crippen LogP contribution in [0.15, 0.2) is 18.2 Å². The number of nitrogens with one attached hydrogen (secondary N) is 3. The van der Waals surface area contributed by atoms with Gasteiger partial charge in [-0.1, -0.05) is 0 Å². The summed E-state index contributed by atoms with van der Waals surface area (Å²) in [5.41, 5.74) is 4.56. The van der Waals surface area contributed by atoms with Gasteiger partial charge < -0.3 is 20.4 Å². The quantitative estimate of drug-likeness (QED) is 0.659. The number of ether oxygens (including phenoxy) is 1. The predicted octanol–water partition coefficient (Wildman–Crippen LogP) is 2.92. The van der Waals surface area contributed by atoms with Gasteiger partial charge in [-0.3, -0.25) is 14.5 Å². The Kier molecular flexibility index (Phi) is 5.69. The van der Waals surface area contributed by atoms with E-state index in [4.69, 9.17) is 4.74 Å². The van der Waals surface area contributed by atoms with Crippen molar-refractivity contribution in [2.24, 2.45) is 0 Å². The number of benzene rings is 1. The van der Waals surface area contributed by atoms with Gasteiger partial charge in [0.05, 0.1) is 24.5 Å². The standard InChI is InChI=1S/C22H25FN4O3/c1-13-19(12-17-16-11-15(23)3-4-18(16)25-22(17)29)24-14(2)21(13)26-20(28)5-6-27-7-9-30-10-8-27/h3-4,11-12,24H,5-10H2,1-2H3,(H,25,29)(H,26,28)/b17-12-. The number of carbonyl (C=O) groups is 2. The highest BCUT2D eigenvalue weighted by molar-refractivity contribution is 6.34. The van der Waals surface area contributed by atoms with E-state index in [0.29, 0.717) is 54.4 Å². The topological polar surface area (TPSA) is 86.5 Å². The molecule has 7 nitrogen and oxygen atoms in total. The van der Waals surface area contributed by atoms with Crippen molar-refractivity contribution in [3.05, 3.63) is 46.5 Å². The van der Waals surface area contributed by atoms with Crippen molar-refractivity contribution in [2.45, 2.75) is 20.3 Å².